The highest BCUT2D eigenvalue weighted by molar-refractivity contribution is 4.90. The SMILES string of the molecule is CC1(C)CCC(CCO)C1O. The molecule has 0 aromatic heterocycles. The van der Waals surface area contributed by atoms with Crippen LogP contribution >= 0.6 is 0 Å². The lowest BCUT2D eigenvalue weighted by Gasteiger charge is -2.25. The van der Waals surface area contributed by atoms with Gasteiger partial charge in [0.2, 0.25) is 0 Å². The molecule has 2 N–H and O–H groups in total. The van der Waals surface area contributed by atoms with Gasteiger partial charge >= 0.3 is 0 Å². The van der Waals surface area contributed by atoms with E-state index in [4.69, 9.17) is 5.11 Å². The molecule has 0 aromatic carbocycles. The molecule has 0 amide bonds. The zero-order valence-corrected chi connectivity index (χ0v) is 7.38. The van der Waals surface area contributed by atoms with Crippen molar-refractivity contribution >= 4 is 0 Å². The Labute approximate surface area is 68.2 Å². The standard InChI is InChI=1S/C9H18O2/c1-9(2)5-3-7(4-6-10)8(9)11/h7-8,10-11H,3-6H2,1-2H3. The molecular formula is C9H18O2. The molecule has 0 heterocycles. The van der Waals surface area contributed by atoms with Gasteiger partial charge in [-0.25, -0.2) is 0 Å². The third-order valence-electron chi connectivity index (χ3n) is 2.91. The summed E-state index contributed by atoms with van der Waals surface area (Å²) < 4.78 is 0. The monoisotopic (exact) mass is 158 g/mol. The molecule has 2 atom stereocenters. The summed E-state index contributed by atoms with van der Waals surface area (Å²) in [5.74, 6) is 0.329. The van der Waals surface area contributed by atoms with E-state index in [1.807, 2.05) is 0 Å². The van der Waals surface area contributed by atoms with E-state index in [0.717, 1.165) is 19.3 Å². The summed E-state index contributed by atoms with van der Waals surface area (Å²) in [6.07, 6.45) is 2.69. The van der Waals surface area contributed by atoms with Crippen molar-refractivity contribution in [2.24, 2.45) is 11.3 Å². The molecule has 1 rings (SSSR count). The second-order valence-electron chi connectivity index (χ2n) is 4.24. The van der Waals surface area contributed by atoms with E-state index in [1.165, 1.54) is 0 Å². The van der Waals surface area contributed by atoms with Gasteiger partial charge in [-0.3, -0.25) is 0 Å². The minimum Gasteiger partial charge on any atom is -0.396 e. The molecule has 11 heavy (non-hydrogen) atoms. The second-order valence-corrected chi connectivity index (χ2v) is 4.24. The number of hydrogen-bond donors (Lipinski definition) is 2. The molecule has 0 spiro atoms. The maximum Gasteiger partial charge on any atom is 0.0620 e. The first-order valence-electron chi connectivity index (χ1n) is 4.37. The van der Waals surface area contributed by atoms with Crippen LogP contribution in [0.4, 0.5) is 0 Å². The van der Waals surface area contributed by atoms with Gasteiger partial charge in [0.05, 0.1) is 6.10 Å². The van der Waals surface area contributed by atoms with Crippen LogP contribution in [0.25, 0.3) is 0 Å². The first-order chi connectivity index (χ1) is 5.08. The number of aliphatic hydroxyl groups is 2. The van der Waals surface area contributed by atoms with Gasteiger partial charge in [-0.1, -0.05) is 13.8 Å². The molecule has 0 aliphatic heterocycles. The van der Waals surface area contributed by atoms with Crippen molar-refractivity contribution in [3.05, 3.63) is 0 Å². The Morgan fingerprint density at radius 3 is 2.45 bits per heavy atom. The van der Waals surface area contributed by atoms with Gasteiger partial charge in [0.15, 0.2) is 0 Å². The van der Waals surface area contributed by atoms with Crippen molar-refractivity contribution in [3.8, 4) is 0 Å². The Kier molecular flexibility index (Phi) is 2.55. The summed E-state index contributed by atoms with van der Waals surface area (Å²) in [5, 5.41) is 18.4. The molecule has 0 aromatic rings. The van der Waals surface area contributed by atoms with E-state index < -0.39 is 0 Å². The van der Waals surface area contributed by atoms with E-state index in [9.17, 15) is 5.11 Å². The predicted octanol–water partition coefficient (Wildman–Crippen LogP) is 1.17. The fraction of sp³-hybridized carbons (Fsp3) is 1.00. The molecule has 0 radical (unpaired) electrons. The van der Waals surface area contributed by atoms with Crippen molar-refractivity contribution in [1.29, 1.82) is 0 Å². The molecule has 0 saturated heterocycles. The molecule has 1 fully saturated rings. The van der Waals surface area contributed by atoms with Crippen molar-refractivity contribution < 1.29 is 10.2 Å². The summed E-state index contributed by atoms with van der Waals surface area (Å²) in [4.78, 5) is 0. The minimum atomic E-state index is -0.213. The quantitative estimate of drug-likeness (QED) is 0.633. The van der Waals surface area contributed by atoms with Crippen LogP contribution in [0, 0.1) is 11.3 Å². The summed E-state index contributed by atoms with van der Waals surface area (Å²) >= 11 is 0. The zero-order valence-electron chi connectivity index (χ0n) is 7.38. The Morgan fingerprint density at radius 1 is 1.45 bits per heavy atom. The van der Waals surface area contributed by atoms with Crippen molar-refractivity contribution in [3.63, 3.8) is 0 Å². The van der Waals surface area contributed by atoms with Crippen LogP contribution in [0.1, 0.15) is 33.1 Å². The number of rotatable bonds is 2. The minimum absolute atomic E-state index is 0.0693. The predicted molar refractivity (Wildman–Crippen MR) is 44.2 cm³/mol. The van der Waals surface area contributed by atoms with E-state index in [1.54, 1.807) is 0 Å². The lowest BCUT2D eigenvalue weighted by molar-refractivity contribution is 0.0378. The molecule has 1 saturated carbocycles. The van der Waals surface area contributed by atoms with E-state index in [0.29, 0.717) is 5.92 Å². The van der Waals surface area contributed by atoms with Crippen LogP contribution in [0.3, 0.4) is 0 Å². The molecule has 2 unspecified atom stereocenters. The first-order valence-corrected chi connectivity index (χ1v) is 4.37. The smallest absolute Gasteiger partial charge is 0.0620 e. The largest absolute Gasteiger partial charge is 0.396 e. The van der Waals surface area contributed by atoms with Crippen molar-refractivity contribution in [2.45, 2.75) is 39.2 Å². The topological polar surface area (TPSA) is 40.5 Å². The summed E-state index contributed by atoms with van der Waals surface area (Å²) in [6.45, 7) is 4.39. The maximum absolute atomic E-state index is 9.74. The Balaban J connectivity index is 2.49. The molecule has 2 nitrogen and oxygen atoms in total. The second kappa shape index (κ2) is 3.11. The Bertz CT molecular complexity index is 132. The van der Waals surface area contributed by atoms with E-state index in [-0.39, 0.29) is 18.1 Å². The highest BCUT2D eigenvalue weighted by Crippen LogP contribution is 2.42. The molecule has 2 heteroatoms. The zero-order chi connectivity index (χ0) is 8.48. The normalized spacial score (nSPS) is 36.0. The van der Waals surface area contributed by atoms with Gasteiger partial charge in [-0.2, -0.15) is 0 Å². The van der Waals surface area contributed by atoms with Crippen LogP contribution in [-0.2, 0) is 0 Å². The van der Waals surface area contributed by atoms with Crippen LogP contribution in [0.15, 0.2) is 0 Å². The maximum atomic E-state index is 9.74. The molecular weight excluding hydrogens is 140 g/mol. The Hall–Kier alpha value is -0.0800. The van der Waals surface area contributed by atoms with Gasteiger partial charge in [0, 0.05) is 6.61 Å². The van der Waals surface area contributed by atoms with Gasteiger partial charge in [0.25, 0.3) is 0 Å². The van der Waals surface area contributed by atoms with Gasteiger partial charge in [-0.15, -0.1) is 0 Å². The Morgan fingerprint density at radius 2 is 2.09 bits per heavy atom. The van der Waals surface area contributed by atoms with Gasteiger partial charge in [0.1, 0.15) is 0 Å². The van der Waals surface area contributed by atoms with Crippen molar-refractivity contribution in [1.82, 2.24) is 0 Å². The number of aliphatic hydroxyl groups excluding tert-OH is 2. The third-order valence-corrected chi connectivity index (χ3v) is 2.91. The average molecular weight is 158 g/mol. The summed E-state index contributed by atoms with van der Waals surface area (Å²) in [6, 6.07) is 0. The fourth-order valence-electron chi connectivity index (χ4n) is 1.97. The van der Waals surface area contributed by atoms with Gasteiger partial charge < -0.3 is 10.2 Å². The highest BCUT2D eigenvalue weighted by Gasteiger charge is 2.39. The van der Waals surface area contributed by atoms with Crippen LogP contribution in [-0.4, -0.2) is 22.9 Å². The average Bonchev–Trinajstić information content (AvgIpc) is 2.17. The lowest BCUT2D eigenvalue weighted by Crippen LogP contribution is -2.28. The molecule has 1 aliphatic carbocycles. The number of hydrogen-bond acceptors (Lipinski definition) is 2. The van der Waals surface area contributed by atoms with Crippen LogP contribution in [0.5, 0.6) is 0 Å². The lowest BCUT2D eigenvalue weighted by atomic mass is 9.87. The third kappa shape index (κ3) is 1.74. The summed E-state index contributed by atoms with van der Waals surface area (Å²) in [5.41, 5.74) is 0.0693. The van der Waals surface area contributed by atoms with E-state index in [2.05, 4.69) is 13.8 Å². The first kappa shape index (κ1) is 9.01. The van der Waals surface area contributed by atoms with Crippen molar-refractivity contribution in [2.75, 3.05) is 6.61 Å². The molecule has 0 bridgehead atoms. The van der Waals surface area contributed by atoms with Crippen LogP contribution in [0.2, 0.25) is 0 Å². The van der Waals surface area contributed by atoms with E-state index >= 15 is 0 Å². The summed E-state index contributed by atoms with van der Waals surface area (Å²) in [7, 11) is 0. The van der Waals surface area contributed by atoms with Crippen LogP contribution < -0.4 is 0 Å². The fourth-order valence-corrected chi connectivity index (χ4v) is 1.97. The molecule has 1 aliphatic rings. The highest BCUT2D eigenvalue weighted by atomic mass is 16.3. The van der Waals surface area contributed by atoms with Gasteiger partial charge in [-0.05, 0) is 30.6 Å². The molecule has 66 valence electrons.